The van der Waals surface area contributed by atoms with Gasteiger partial charge in [0.15, 0.2) is 5.78 Å². The number of Topliss-reactive ketones (excluding diaryl/α,β-unsaturated/α-hetero) is 1. The molecule has 1 atom stereocenters. The number of hydrogen-bond donors (Lipinski definition) is 1. The molecule has 4 nitrogen and oxygen atoms in total. The number of nitrogens with two attached hydrogens (primary N) is 1. The topological polar surface area (TPSA) is 55.6 Å². The molecule has 124 valence electrons. The minimum absolute atomic E-state index is 0. The number of ketones is 1. The van der Waals surface area contributed by atoms with Gasteiger partial charge in [-0.15, -0.1) is 12.4 Å². The molecule has 0 aromatic heterocycles. The van der Waals surface area contributed by atoms with E-state index in [1.54, 1.807) is 6.92 Å². The van der Waals surface area contributed by atoms with Crippen LogP contribution in [0.2, 0.25) is 0 Å². The van der Waals surface area contributed by atoms with Gasteiger partial charge in [-0.05, 0) is 57.8 Å². The van der Waals surface area contributed by atoms with E-state index in [0.717, 1.165) is 19.6 Å². The van der Waals surface area contributed by atoms with Crippen LogP contribution >= 0.6 is 12.4 Å². The average Bonchev–Trinajstić information content (AvgIpc) is 2.48. The van der Waals surface area contributed by atoms with Crippen LogP contribution in [0.5, 0.6) is 5.75 Å². The second-order valence-corrected chi connectivity index (χ2v) is 5.94. The standard InChI is InChI=1S/C17H26N2O2.ClH/c1-13(18)15-7-9-19(10-8-15)11-12-21-17-6-4-3-5-16(17)14(2)20;/h3-6,13,15H,7-12,18H2,1-2H3;1H. The van der Waals surface area contributed by atoms with Gasteiger partial charge >= 0.3 is 0 Å². The van der Waals surface area contributed by atoms with E-state index in [1.807, 2.05) is 24.3 Å². The van der Waals surface area contributed by atoms with Gasteiger partial charge in [0.05, 0.1) is 5.56 Å². The molecule has 1 aliphatic heterocycles. The summed E-state index contributed by atoms with van der Waals surface area (Å²) in [6, 6.07) is 7.73. The number of carbonyl (C=O) groups is 1. The number of nitrogens with zero attached hydrogens (tertiary/aromatic N) is 1. The summed E-state index contributed by atoms with van der Waals surface area (Å²) in [5.74, 6) is 1.39. The van der Waals surface area contributed by atoms with Gasteiger partial charge in [0.2, 0.25) is 0 Å². The molecule has 1 saturated heterocycles. The van der Waals surface area contributed by atoms with Crippen molar-refractivity contribution in [2.45, 2.75) is 32.7 Å². The molecule has 2 N–H and O–H groups in total. The van der Waals surface area contributed by atoms with Crippen molar-refractivity contribution in [2.75, 3.05) is 26.2 Å². The van der Waals surface area contributed by atoms with Crippen molar-refractivity contribution in [2.24, 2.45) is 11.7 Å². The summed E-state index contributed by atoms with van der Waals surface area (Å²) in [4.78, 5) is 13.9. The predicted octanol–water partition coefficient (Wildman–Crippen LogP) is 2.75. The van der Waals surface area contributed by atoms with Gasteiger partial charge in [0.25, 0.3) is 0 Å². The number of para-hydroxylation sites is 1. The minimum atomic E-state index is 0. The first-order chi connectivity index (χ1) is 10.1. The van der Waals surface area contributed by atoms with Crippen molar-refractivity contribution in [3.63, 3.8) is 0 Å². The fraction of sp³-hybridized carbons (Fsp3) is 0.588. The van der Waals surface area contributed by atoms with Gasteiger partial charge < -0.3 is 10.5 Å². The number of likely N-dealkylation sites (tertiary alicyclic amines) is 1. The molecule has 0 spiro atoms. The number of halogens is 1. The van der Waals surface area contributed by atoms with Gasteiger partial charge in [-0.25, -0.2) is 0 Å². The number of carbonyl (C=O) groups excluding carboxylic acids is 1. The fourth-order valence-electron chi connectivity index (χ4n) is 2.87. The lowest BCUT2D eigenvalue weighted by Gasteiger charge is -2.33. The van der Waals surface area contributed by atoms with Crippen molar-refractivity contribution < 1.29 is 9.53 Å². The Hall–Kier alpha value is -1.10. The van der Waals surface area contributed by atoms with Crippen molar-refractivity contribution in [3.8, 4) is 5.75 Å². The summed E-state index contributed by atoms with van der Waals surface area (Å²) in [6.07, 6.45) is 2.34. The van der Waals surface area contributed by atoms with Gasteiger partial charge in [-0.3, -0.25) is 9.69 Å². The quantitative estimate of drug-likeness (QED) is 0.817. The Kier molecular flexibility index (Phi) is 7.87. The highest BCUT2D eigenvalue weighted by Crippen LogP contribution is 2.20. The summed E-state index contributed by atoms with van der Waals surface area (Å²) < 4.78 is 5.79. The SMILES string of the molecule is CC(=O)c1ccccc1OCCN1CCC(C(C)N)CC1.Cl. The van der Waals surface area contributed by atoms with Gasteiger partial charge in [0.1, 0.15) is 12.4 Å². The first kappa shape index (κ1) is 18.9. The number of hydrogen-bond acceptors (Lipinski definition) is 4. The van der Waals surface area contributed by atoms with Crippen LogP contribution in [0.3, 0.4) is 0 Å². The maximum absolute atomic E-state index is 11.5. The molecule has 22 heavy (non-hydrogen) atoms. The van der Waals surface area contributed by atoms with E-state index in [-0.39, 0.29) is 18.2 Å². The zero-order chi connectivity index (χ0) is 15.2. The Morgan fingerprint density at radius 2 is 2.00 bits per heavy atom. The molecule has 0 radical (unpaired) electrons. The molecule has 1 heterocycles. The van der Waals surface area contributed by atoms with Gasteiger partial charge in [-0.1, -0.05) is 12.1 Å². The summed E-state index contributed by atoms with van der Waals surface area (Å²) in [5, 5.41) is 0. The maximum Gasteiger partial charge on any atom is 0.163 e. The average molecular weight is 327 g/mol. The molecule has 0 aliphatic carbocycles. The van der Waals surface area contributed by atoms with Crippen LogP contribution in [-0.2, 0) is 0 Å². The van der Waals surface area contributed by atoms with Crippen molar-refractivity contribution >= 4 is 18.2 Å². The van der Waals surface area contributed by atoms with E-state index in [4.69, 9.17) is 10.5 Å². The summed E-state index contributed by atoms with van der Waals surface area (Å²) in [6.45, 7) is 7.36. The molecule has 2 rings (SSSR count). The molecule has 1 aromatic carbocycles. The maximum atomic E-state index is 11.5. The third-order valence-electron chi connectivity index (χ3n) is 4.31. The number of benzene rings is 1. The van der Waals surface area contributed by atoms with Crippen LogP contribution in [0.15, 0.2) is 24.3 Å². The van der Waals surface area contributed by atoms with Crippen LogP contribution in [0.1, 0.15) is 37.0 Å². The summed E-state index contributed by atoms with van der Waals surface area (Å²) in [5.41, 5.74) is 6.62. The zero-order valence-electron chi connectivity index (χ0n) is 13.5. The third-order valence-corrected chi connectivity index (χ3v) is 4.31. The van der Waals surface area contributed by atoms with E-state index in [2.05, 4.69) is 11.8 Å². The Balaban J connectivity index is 0.00000242. The normalized spacial score (nSPS) is 17.6. The van der Waals surface area contributed by atoms with Crippen LogP contribution < -0.4 is 10.5 Å². The van der Waals surface area contributed by atoms with Gasteiger partial charge in [-0.2, -0.15) is 0 Å². The molecule has 0 saturated carbocycles. The Bertz CT molecular complexity index is 471. The first-order valence-electron chi connectivity index (χ1n) is 7.78. The van der Waals surface area contributed by atoms with Gasteiger partial charge in [0, 0.05) is 12.6 Å². The highest BCUT2D eigenvalue weighted by molar-refractivity contribution is 5.96. The molecular formula is C17H27ClN2O2. The first-order valence-corrected chi connectivity index (χ1v) is 7.78. The Morgan fingerprint density at radius 3 is 2.59 bits per heavy atom. The fourth-order valence-corrected chi connectivity index (χ4v) is 2.87. The second kappa shape index (κ2) is 9.13. The highest BCUT2D eigenvalue weighted by atomic mass is 35.5. The van der Waals surface area contributed by atoms with Crippen LogP contribution in [0, 0.1) is 5.92 Å². The number of piperidine rings is 1. The van der Waals surface area contributed by atoms with Crippen LogP contribution in [-0.4, -0.2) is 43.0 Å². The zero-order valence-corrected chi connectivity index (χ0v) is 14.3. The lowest BCUT2D eigenvalue weighted by atomic mass is 9.91. The van der Waals surface area contributed by atoms with Crippen LogP contribution in [0.25, 0.3) is 0 Å². The van der Waals surface area contributed by atoms with Crippen LogP contribution in [0.4, 0.5) is 0 Å². The van der Waals surface area contributed by atoms with E-state index in [1.165, 1.54) is 12.8 Å². The summed E-state index contributed by atoms with van der Waals surface area (Å²) in [7, 11) is 0. The third kappa shape index (κ3) is 5.27. The second-order valence-electron chi connectivity index (χ2n) is 5.94. The number of rotatable bonds is 6. The lowest BCUT2D eigenvalue weighted by molar-refractivity contribution is 0.101. The van der Waals surface area contributed by atoms with Crippen molar-refractivity contribution in [1.82, 2.24) is 4.90 Å². The molecule has 0 amide bonds. The van der Waals surface area contributed by atoms with E-state index < -0.39 is 0 Å². The highest BCUT2D eigenvalue weighted by Gasteiger charge is 2.21. The molecular weight excluding hydrogens is 300 g/mol. The van der Waals surface area contributed by atoms with Crippen molar-refractivity contribution in [1.29, 1.82) is 0 Å². The number of ether oxygens (including phenoxy) is 1. The molecule has 1 unspecified atom stereocenters. The Labute approximate surface area is 139 Å². The Morgan fingerprint density at radius 1 is 1.36 bits per heavy atom. The minimum Gasteiger partial charge on any atom is -0.491 e. The lowest BCUT2D eigenvalue weighted by Crippen LogP contribution is -2.41. The molecule has 1 aliphatic rings. The molecule has 1 aromatic rings. The largest absolute Gasteiger partial charge is 0.491 e. The summed E-state index contributed by atoms with van der Waals surface area (Å²) >= 11 is 0. The monoisotopic (exact) mass is 326 g/mol. The van der Waals surface area contributed by atoms with E-state index in [9.17, 15) is 4.79 Å². The molecule has 5 heteroatoms. The smallest absolute Gasteiger partial charge is 0.163 e. The predicted molar refractivity (Wildman–Crippen MR) is 92.0 cm³/mol. The molecule has 0 bridgehead atoms. The van der Waals surface area contributed by atoms with Crippen molar-refractivity contribution in [3.05, 3.63) is 29.8 Å². The van der Waals surface area contributed by atoms with E-state index >= 15 is 0 Å². The molecule has 1 fully saturated rings. The van der Waals surface area contributed by atoms with E-state index in [0.29, 0.717) is 29.9 Å².